The van der Waals surface area contributed by atoms with Gasteiger partial charge in [0.2, 0.25) is 10.0 Å². The molecule has 9 heteroatoms. The second-order valence-corrected chi connectivity index (χ2v) is 12.0. The van der Waals surface area contributed by atoms with Gasteiger partial charge < -0.3 is 9.80 Å². The van der Waals surface area contributed by atoms with Crippen LogP contribution in [0, 0.1) is 18.3 Å². The lowest BCUT2D eigenvalue weighted by Crippen LogP contribution is -2.50. The van der Waals surface area contributed by atoms with Crippen LogP contribution in [0.4, 0.5) is 5.69 Å². The number of piperazine rings is 1. The highest BCUT2D eigenvalue weighted by Crippen LogP contribution is 2.39. The van der Waals surface area contributed by atoms with Gasteiger partial charge in [-0.2, -0.15) is 9.57 Å². The summed E-state index contributed by atoms with van der Waals surface area (Å²) in [5, 5.41) is 11.1. The Morgan fingerprint density at radius 1 is 0.973 bits per heavy atom. The summed E-state index contributed by atoms with van der Waals surface area (Å²) in [5.74, 6) is -0.142. The number of hydrogen-bond donors (Lipinski definition) is 0. The van der Waals surface area contributed by atoms with Crippen molar-refractivity contribution in [3.63, 3.8) is 0 Å². The first-order valence-corrected chi connectivity index (χ1v) is 14.4. The molecule has 8 nitrogen and oxygen atoms in total. The van der Waals surface area contributed by atoms with Crippen LogP contribution in [0.25, 0.3) is 10.9 Å². The van der Waals surface area contributed by atoms with Gasteiger partial charge in [0, 0.05) is 50.9 Å². The standard InChI is InChI=1S/C28H31N5O3S/c1-21-7-9-22(10-8-21)28(20-29)11-13-31(14-12-28)26-23-5-3-4-6-25(23)30-19-24(26)27(34)32-15-17-33(18-16-32)37(2,35)36/h3-10,19H,11-18H2,1-2H3. The van der Waals surface area contributed by atoms with Crippen LogP contribution in [0.3, 0.4) is 0 Å². The van der Waals surface area contributed by atoms with Gasteiger partial charge in [-0.1, -0.05) is 48.0 Å². The van der Waals surface area contributed by atoms with Crippen LogP contribution in [0.15, 0.2) is 54.7 Å². The maximum Gasteiger partial charge on any atom is 0.257 e. The number of carbonyl (C=O) groups is 1. The Balaban J connectivity index is 1.45. The zero-order chi connectivity index (χ0) is 26.2. The number of piperidine rings is 1. The number of aryl methyl sites for hydroxylation is 1. The van der Waals surface area contributed by atoms with E-state index in [1.807, 2.05) is 31.2 Å². The third-order valence-corrected chi connectivity index (χ3v) is 9.03. The summed E-state index contributed by atoms with van der Waals surface area (Å²) in [6.45, 7) is 4.55. The first-order valence-electron chi connectivity index (χ1n) is 12.6. The van der Waals surface area contributed by atoms with E-state index in [1.54, 1.807) is 11.1 Å². The quantitative estimate of drug-likeness (QED) is 0.527. The molecule has 0 bridgehead atoms. The lowest BCUT2D eigenvalue weighted by molar-refractivity contribution is 0.0698. The van der Waals surface area contributed by atoms with Crippen LogP contribution in [0.5, 0.6) is 0 Å². The van der Waals surface area contributed by atoms with Gasteiger partial charge in [0.1, 0.15) is 0 Å². The van der Waals surface area contributed by atoms with Gasteiger partial charge in [0.05, 0.1) is 34.5 Å². The number of anilines is 1. The van der Waals surface area contributed by atoms with E-state index in [2.05, 4.69) is 40.2 Å². The predicted molar refractivity (Wildman–Crippen MR) is 144 cm³/mol. The van der Waals surface area contributed by atoms with E-state index in [1.165, 1.54) is 10.6 Å². The molecular formula is C28H31N5O3S. The number of sulfonamides is 1. The van der Waals surface area contributed by atoms with Gasteiger partial charge in [0.15, 0.2) is 0 Å². The van der Waals surface area contributed by atoms with Crippen LogP contribution in [0.1, 0.15) is 34.3 Å². The molecule has 37 heavy (non-hydrogen) atoms. The fraction of sp³-hybridized carbons (Fsp3) is 0.393. The summed E-state index contributed by atoms with van der Waals surface area (Å²) in [6, 6.07) is 18.6. The molecular weight excluding hydrogens is 486 g/mol. The normalized spacial score (nSPS) is 18.5. The van der Waals surface area contributed by atoms with Gasteiger partial charge in [0.25, 0.3) is 5.91 Å². The van der Waals surface area contributed by atoms with Crippen molar-refractivity contribution in [1.82, 2.24) is 14.2 Å². The Labute approximate surface area is 218 Å². The highest BCUT2D eigenvalue weighted by atomic mass is 32.2. The number of nitrogens with zero attached hydrogens (tertiary/aromatic N) is 5. The fourth-order valence-electron chi connectivity index (χ4n) is 5.47. The zero-order valence-corrected chi connectivity index (χ0v) is 22.0. The summed E-state index contributed by atoms with van der Waals surface area (Å²) >= 11 is 0. The molecule has 2 saturated heterocycles. The number of hydrogen-bond acceptors (Lipinski definition) is 6. The molecule has 192 valence electrons. The smallest absolute Gasteiger partial charge is 0.257 e. The second kappa shape index (κ2) is 9.77. The van der Waals surface area contributed by atoms with E-state index in [0.29, 0.717) is 44.6 Å². The Bertz CT molecular complexity index is 1460. The molecule has 3 aromatic rings. The minimum Gasteiger partial charge on any atom is -0.370 e. The third-order valence-electron chi connectivity index (χ3n) is 7.72. The molecule has 1 amide bonds. The van der Waals surface area contributed by atoms with Crippen LogP contribution in [-0.2, 0) is 15.4 Å². The average molecular weight is 518 g/mol. The van der Waals surface area contributed by atoms with Crippen molar-refractivity contribution in [3.8, 4) is 6.07 Å². The number of pyridine rings is 1. The van der Waals surface area contributed by atoms with E-state index >= 15 is 0 Å². The lowest BCUT2D eigenvalue weighted by Gasteiger charge is -2.40. The van der Waals surface area contributed by atoms with Gasteiger partial charge in [-0.25, -0.2) is 8.42 Å². The van der Waals surface area contributed by atoms with Gasteiger partial charge >= 0.3 is 0 Å². The SMILES string of the molecule is Cc1ccc(C2(C#N)CCN(c3c(C(=O)N4CCN(S(C)(=O)=O)CC4)cnc4ccccc34)CC2)cc1. The zero-order valence-electron chi connectivity index (χ0n) is 21.2. The van der Waals surface area contributed by atoms with Crippen molar-refractivity contribution in [2.24, 2.45) is 0 Å². The maximum atomic E-state index is 13.7. The monoisotopic (exact) mass is 517 g/mol. The molecule has 0 radical (unpaired) electrons. The van der Waals surface area contributed by atoms with E-state index < -0.39 is 15.4 Å². The summed E-state index contributed by atoms with van der Waals surface area (Å²) in [4.78, 5) is 22.2. The molecule has 0 N–H and O–H groups in total. The summed E-state index contributed by atoms with van der Waals surface area (Å²) < 4.78 is 25.2. The number of carbonyl (C=O) groups excluding carboxylic acids is 1. The Morgan fingerprint density at radius 3 is 2.24 bits per heavy atom. The largest absolute Gasteiger partial charge is 0.370 e. The van der Waals surface area contributed by atoms with Crippen LogP contribution < -0.4 is 4.90 Å². The molecule has 2 aliphatic heterocycles. The molecule has 0 atom stereocenters. The van der Waals surface area contributed by atoms with Crippen LogP contribution in [-0.4, -0.2) is 74.0 Å². The number of nitriles is 1. The minimum absolute atomic E-state index is 0.142. The first kappa shape index (κ1) is 25.2. The van der Waals surface area contributed by atoms with E-state index in [-0.39, 0.29) is 19.0 Å². The molecule has 1 aromatic heterocycles. The molecule has 0 unspecified atom stereocenters. The minimum atomic E-state index is -3.28. The van der Waals surface area contributed by atoms with E-state index in [4.69, 9.17) is 0 Å². The molecule has 0 aliphatic carbocycles. The van der Waals surface area contributed by atoms with Crippen molar-refractivity contribution in [2.45, 2.75) is 25.2 Å². The van der Waals surface area contributed by atoms with Crippen molar-refractivity contribution >= 4 is 32.5 Å². The van der Waals surface area contributed by atoms with Crippen molar-refractivity contribution in [2.75, 3.05) is 50.4 Å². The average Bonchev–Trinajstić information content (AvgIpc) is 2.92. The number of benzene rings is 2. The summed E-state index contributed by atoms with van der Waals surface area (Å²) in [6.07, 6.45) is 4.16. The summed E-state index contributed by atoms with van der Waals surface area (Å²) in [5.41, 5.74) is 3.83. The van der Waals surface area contributed by atoms with Crippen molar-refractivity contribution in [3.05, 3.63) is 71.4 Å². The maximum absolute atomic E-state index is 13.7. The molecule has 2 aromatic carbocycles. The fourth-order valence-corrected chi connectivity index (χ4v) is 6.29. The molecule has 3 heterocycles. The van der Waals surface area contributed by atoms with Crippen LogP contribution >= 0.6 is 0 Å². The molecule has 0 spiro atoms. The Kier molecular flexibility index (Phi) is 6.65. The highest BCUT2D eigenvalue weighted by molar-refractivity contribution is 7.88. The van der Waals surface area contributed by atoms with Gasteiger partial charge in [-0.15, -0.1) is 0 Å². The molecule has 0 saturated carbocycles. The summed E-state index contributed by atoms with van der Waals surface area (Å²) in [7, 11) is -3.28. The number of amides is 1. The second-order valence-electron chi connectivity index (χ2n) is 10.0. The number of aromatic nitrogens is 1. The van der Waals surface area contributed by atoms with Gasteiger partial charge in [-0.05, 0) is 31.4 Å². The number of para-hydroxylation sites is 1. The number of rotatable bonds is 4. The van der Waals surface area contributed by atoms with Gasteiger partial charge in [-0.3, -0.25) is 9.78 Å². The highest BCUT2D eigenvalue weighted by Gasteiger charge is 2.38. The van der Waals surface area contributed by atoms with Crippen molar-refractivity contribution in [1.29, 1.82) is 5.26 Å². The number of fused-ring (bicyclic) bond motifs is 1. The lowest BCUT2D eigenvalue weighted by atomic mass is 9.73. The van der Waals surface area contributed by atoms with E-state index in [0.717, 1.165) is 27.7 Å². The topological polar surface area (TPSA) is 97.6 Å². The van der Waals surface area contributed by atoms with Crippen LogP contribution in [0.2, 0.25) is 0 Å². The van der Waals surface area contributed by atoms with E-state index in [9.17, 15) is 18.5 Å². The first-order chi connectivity index (χ1) is 17.7. The van der Waals surface area contributed by atoms with Crippen molar-refractivity contribution < 1.29 is 13.2 Å². The predicted octanol–water partition coefficient (Wildman–Crippen LogP) is 3.32. The Morgan fingerprint density at radius 2 is 1.62 bits per heavy atom. The third kappa shape index (κ3) is 4.79. The molecule has 2 aliphatic rings. The molecule has 5 rings (SSSR count). The molecule has 2 fully saturated rings. The Hall–Kier alpha value is -3.48.